The number of carbonyl (C=O) groups is 1. The number of nitrogens with zero attached hydrogens (tertiary/aromatic N) is 1. The number of nitrogens with one attached hydrogen (secondary N) is 1. The number of carbonyl (C=O) groups excluding carboxylic acids is 1. The van der Waals surface area contributed by atoms with Gasteiger partial charge in [-0.05, 0) is 48.4 Å². The van der Waals surface area contributed by atoms with Crippen LogP contribution in [0.2, 0.25) is 0 Å². The van der Waals surface area contributed by atoms with Crippen LogP contribution in [0.3, 0.4) is 0 Å². The molecule has 0 aliphatic rings. The van der Waals surface area contributed by atoms with Crippen LogP contribution >= 0.6 is 15.9 Å². The van der Waals surface area contributed by atoms with Gasteiger partial charge in [-0.15, -0.1) is 0 Å². The highest BCUT2D eigenvalue weighted by Crippen LogP contribution is 2.29. The molecule has 0 bridgehead atoms. The number of hydrogen-bond donors (Lipinski definition) is 1. The Balaban J connectivity index is 1.87. The molecule has 132 valence electrons. The van der Waals surface area contributed by atoms with Gasteiger partial charge in [0.25, 0.3) is 5.91 Å². The van der Waals surface area contributed by atoms with Crippen molar-refractivity contribution in [1.29, 1.82) is 0 Å². The maximum Gasteiger partial charge on any atom is 0.416 e. The molecule has 0 saturated heterocycles. The molecule has 2 rings (SSSR count). The summed E-state index contributed by atoms with van der Waals surface area (Å²) in [5.41, 5.74) is 2.60. The number of amides is 1. The number of aryl methyl sites for hydroxylation is 1. The Morgan fingerprint density at radius 2 is 2.04 bits per heavy atom. The lowest BCUT2D eigenvalue weighted by molar-refractivity contribution is -0.137. The van der Waals surface area contributed by atoms with E-state index in [1.807, 2.05) is 6.92 Å². The van der Waals surface area contributed by atoms with E-state index in [1.54, 1.807) is 18.2 Å². The number of hydrazone groups is 1. The molecule has 0 saturated carbocycles. The van der Waals surface area contributed by atoms with Gasteiger partial charge in [-0.25, -0.2) is 5.43 Å². The number of benzene rings is 2. The standard InChI is InChI=1S/C17H14BrF3N2O2/c1-11-7-14(5-6-15(11)18)25-10-16(24)23-22-9-12-3-2-4-13(8-12)17(19,20)21/h2-9H,10H2,1H3,(H,23,24)/b22-9+. The molecule has 1 N–H and O–H groups in total. The van der Waals surface area contributed by atoms with Crippen molar-refractivity contribution in [2.45, 2.75) is 13.1 Å². The van der Waals surface area contributed by atoms with Gasteiger partial charge >= 0.3 is 6.18 Å². The Morgan fingerprint density at radius 3 is 2.72 bits per heavy atom. The van der Waals surface area contributed by atoms with Gasteiger partial charge in [0.15, 0.2) is 6.61 Å². The summed E-state index contributed by atoms with van der Waals surface area (Å²) in [5.74, 6) is 0.00139. The summed E-state index contributed by atoms with van der Waals surface area (Å²) in [4.78, 5) is 11.6. The SMILES string of the molecule is Cc1cc(OCC(=O)N/N=C/c2cccc(C(F)(F)F)c2)ccc1Br. The van der Waals surface area contributed by atoms with E-state index >= 15 is 0 Å². The van der Waals surface area contributed by atoms with Crippen molar-refractivity contribution >= 4 is 28.1 Å². The maximum atomic E-state index is 12.6. The summed E-state index contributed by atoms with van der Waals surface area (Å²) in [6, 6.07) is 9.89. The lowest BCUT2D eigenvalue weighted by Crippen LogP contribution is -2.24. The largest absolute Gasteiger partial charge is 0.484 e. The molecule has 4 nitrogen and oxygen atoms in total. The van der Waals surface area contributed by atoms with Gasteiger partial charge in [-0.1, -0.05) is 28.1 Å². The molecule has 0 aliphatic heterocycles. The van der Waals surface area contributed by atoms with Crippen molar-refractivity contribution in [2.24, 2.45) is 5.10 Å². The van der Waals surface area contributed by atoms with Crippen molar-refractivity contribution in [3.63, 3.8) is 0 Å². The molecular formula is C17H14BrF3N2O2. The average molecular weight is 415 g/mol. The molecule has 0 heterocycles. The zero-order valence-electron chi connectivity index (χ0n) is 13.1. The van der Waals surface area contributed by atoms with Crippen LogP contribution in [-0.4, -0.2) is 18.7 Å². The highest BCUT2D eigenvalue weighted by molar-refractivity contribution is 9.10. The lowest BCUT2D eigenvalue weighted by atomic mass is 10.1. The highest BCUT2D eigenvalue weighted by atomic mass is 79.9. The van der Waals surface area contributed by atoms with E-state index in [-0.39, 0.29) is 12.2 Å². The Labute approximate surface area is 150 Å². The van der Waals surface area contributed by atoms with E-state index in [1.165, 1.54) is 12.1 Å². The molecule has 0 fully saturated rings. The lowest BCUT2D eigenvalue weighted by Gasteiger charge is -2.07. The summed E-state index contributed by atoms with van der Waals surface area (Å²) >= 11 is 3.36. The van der Waals surface area contributed by atoms with Crippen LogP contribution in [0.15, 0.2) is 52.0 Å². The average Bonchev–Trinajstić information content (AvgIpc) is 2.55. The van der Waals surface area contributed by atoms with Gasteiger partial charge in [-0.3, -0.25) is 4.79 Å². The van der Waals surface area contributed by atoms with Crippen molar-refractivity contribution < 1.29 is 22.7 Å². The fourth-order valence-electron chi connectivity index (χ4n) is 1.86. The first-order valence-corrected chi connectivity index (χ1v) is 7.93. The van der Waals surface area contributed by atoms with Crippen molar-refractivity contribution in [2.75, 3.05) is 6.61 Å². The summed E-state index contributed by atoms with van der Waals surface area (Å²) in [5, 5.41) is 3.63. The molecule has 0 aromatic heterocycles. The summed E-state index contributed by atoms with van der Waals surface area (Å²) in [7, 11) is 0. The Morgan fingerprint density at radius 1 is 1.28 bits per heavy atom. The third-order valence-electron chi connectivity index (χ3n) is 3.12. The van der Waals surface area contributed by atoms with Crippen molar-refractivity contribution in [1.82, 2.24) is 5.43 Å². The van der Waals surface area contributed by atoms with Gasteiger partial charge in [0, 0.05) is 4.47 Å². The molecule has 0 aliphatic carbocycles. The monoisotopic (exact) mass is 414 g/mol. The molecule has 25 heavy (non-hydrogen) atoms. The summed E-state index contributed by atoms with van der Waals surface area (Å²) in [6.45, 7) is 1.62. The second-order valence-electron chi connectivity index (χ2n) is 5.12. The van der Waals surface area contributed by atoms with Crippen molar-refractivity contribution in [3.05, 3.63) is 63.6 Å². The van der Waals surface area contributed by atoms with Crippen LogP contribution in [0.5, 0.6) is 5.75 Å². The number of halogens is 4. The third-order valence-corrected chi connectivity index (χ3v) is 4.01. The fraction of sp³-hybridized carbons (Fsp3) is 0.176. The smallest absolute Gasteiger partial charge is 0.416 e. The van der Waals surface area contributed by atoms with E-state index in [9.17, 15) is 18.0 Å². The van der Waals surface area contributed by atoms with E-state index < -0.39 is 17.6 Å². The first-order valence-electron chi connectivity index (χ1n) is 7.14. The predicted octanol–water partition coefficient (Wildman–Crippen LogP) is 4.31. The fourth-order valence-corrected chi connectivity index (χ4v) is 2.11. The van der Waals surface area contributed by atoms with Gasteiger partial charge in [0.2, 0.25) is 0 Å². The number of ether oxygens (including phenoxy) is 1. The number of hydrogen-bond acceptors (Lipinski definition) is 3. The quantitative estimate of drug-likeness (QED) is 0.585. The van der Waals surface area contributed by atoms with Gasteiger partial charge in [0.1, 0.15) is 5.75 Å². The summed E-state index contributed by atoms with van der Waals surface area (Å²) < 4.78 is 44.0. The Kier molecular flexibility index (Phi) is 6.19. The molecule has 2 aromatic rings. The highest BCUT2D eigenvalue weighted by Gasteiger charge is 2.30. The molecular weight excluding hydrogens is 401 g/mol. The minimum Gasteiger partial charge on any atom is -0.484 e. The molecule has 2 aromatic carbocycles. The minimum atomic E-state index is -4.43. The van der Waals surface area contributed by atoms with Gasteiger partial charge < -0.3 is 4.74 Å². The van der Waals surface area contributed by atoms with E-state index in [0.29, 0.717) is 5.75 Å². The predicted molar refractivity (Wildman–Crippen MR) is 91.6 cm³/mol. The van der Waals surface area contributed by atoms with Gasteiger partial charge in [-0.2, -0.15) is 18.3 Å². The van der Waals surface area contributed by atoms with Crippen LogP contribution < -0.4 is 10.2 Å². The molecule has 0 radical (unpaired) electrons. The molecule has 0 spiro atoms. The second-order valence-corrected chi connectivity index (χ2v) is 5.97. The zero-order valence-corrected chi connectivity index (χ0v) is 14.7. The van der Waals surface area contributed by atoms with E-state index in [2.05, 4.69) is 26.5 Å². The van der Waals surface area contributed by atoms with Crippen molar-refractivity contribution in [3.8, 4) is 5.75 Å². The van der Waals surface area contributed by atoms with E-state index in [4.69, 9.17) is 4.74 Å². The van der Waals surface area contributed by atoms with Crippen LogP contribution in [-0.2, 0) is 11.0 Å². The Bertz CT molecular complexity index is 792. The number of rotatable bonds is 5. The van der Waals surface area contributed by atoms with Crippen LogP contribution in [0, 0.1) is 6.92 Å². The molecule has 0 unspecified atom stereocenters. The molecule has 8 heteroatoms. The van der Waals surface area contributed by atoms with Crippen LogP contribution in [0.25, 0.3) is 0 Å². The maximum absolute atomic E-state index is 12.6. The molecule has 0 atom stereocenters. The molecule has 1 amide bonds. The van der Waals surface area contributed by atoms with Crippen LogP contribution in [0.4, 0.5) is 13.2 Å². The normalized spacial score (nSPS) is 11.6. The zero-order chi connectivity index (χ0) is 18.4. The summed E-state index contributed by atoms with van der Waals surface area (Å²) in [6.07, 6.45) is -3.29. The second kappa shape index (κ2) is 8.15. The van der Waals surface area contributed by atoms with E-state index in [0.717, 1.165) is 28.4 Å². The van der Waals surface area contributed by atoms with Crippen LogP contribution in [0.1, 0.15) is 16.7 Å². The van der Waals surface area contributed by atoms with Gasteiger partial charge in [0.05, 0.1) is 11.8 Å². The number of alkyl halides is 3. The first-order chi connectivity index (χ1) is 11.8. The minimum absolute atomic E-state index is 0.222. The first kappa shape index (κ1) is 19.0. The Hall–Kier alpha value is -2.35. The topological polar surface area (TPSA) is 50.7 Å². The third kappa shape index (κ3) is 5.90.